The van der Waals surface area contributed by atoms with E-state index >= 15 is 0 Å². The standard InChI is InChI=1S/C12H9FN2O4S/c13-20(18,19)11-4-2-1-3-10(11)15-12(17)8-5-9(16)7-14-6-8/h1-7,16H,(H,15,17). The maximum atomic E-state index is 13.1. The maximum absolute atomic E-state index is 13.1. The first-order chi connectivity index (χ1) is 9.38. The molecule has 2 N–H and O–H groups in total. The first-order valence-corrected chi connectivity index (χ1v) is 6.75. The molecule has 104 valence electrons. The lowest BCUT2D eigenvalue weighted by atomic mass is 10.2. The molecular weight excluding hydrogens is 287 g/mol. The van der Waals surface area contributed by atoms with Crippen LogP contribution in [-0.2, 0) is 10.2 Å². The first-order valence-electron chi connectivity index (χ1n) is 5.37. The Hall–Kier alpha value is -2.48. The molecule has 0 atom stereocenters. The number of carbonyl (C=O) groups excluding carboxylic acids is 1. The lowest BCUT2D eigenvalue weighted by Crippen LogP contribution is -2.14. The van der Waals surface area contributed by atoms with Gasteiger partial charge in [-0.05, 0) is 18.2 Å². The third kappa shape index (κ3) is 3.09. The van der Waals surface area contributed by atoms with E-state index in [1.807, 2.05) is 0 Å². The molecule has 1 aromatic carbocycles. The van der Waals surface area contributed by atoms with E-state index in [1.165, 1.54) is 24.4 Å². The quantitative estimate of drug-likeness (QED) is 0.840. The lowest BCUT2D eigenvalue weighted by molar-refractivity contribution is 0.102. The number of halogens is 1. The Labute approximate surface area is 114 Å². The van der Waals surface area contributed by atoms with Gasteiger partial charge in [0.15, 0.2) is 0 Å². The van der Waals surface area contributed by atoms with Crippen LogP contribution in [0.5, 0.6) is 5.75 Å². The van der Waals surface area contributed by atoms with Crippen molar-refractivity contribution in [3.05, 3.63) is 48.3 Å². The van der Waals surface area contributed by atoms with Gasteiger partial charge in [0.1, 0.15) is 10.6 Å². The molecule has 0 saturated carbocycles. The maximum Gasteiger partial charge on any atom is 0.334 e. The smallest absolute Gasteiger partial charge is 0.334 e. The van der Waals surface area contributed by atoms with E-state index < -0.39 is 21.0 Å². The highest BCUT2D eigenvalue weighted by molar-refractivity contribution is 7.86. The summed E-state index contributed by atoms with van der Waals surface area (Å²) in [7, 11) is -4.95. The van der Waals surface area contributed by atoms with E-state index in [0.29, 0.717) is 0 Å². The number of aromatic nitrogens is 1. The van der Waals surface area contributed by atoms with Crippen molar-refractivity contribution >= 4 is 21.8 Å². The number of nitrogens with zero attached hydrogens (tertiary/aromatic N) is 1. The summed E-state index contributed by atoms with van der Waals surface area (Å²) >= 11 is 0. The van der Waals surface area contributed by atoms with Crippen LogP contribution in [0.4, 0.5) is 9.57 Å². The average molecular weight is 296 g/mol. The second-order valence-electron chi connectivity index (χ2n) is 3.82. The fourth-order valence-corrected chi connectivity index (χ4v) is 2.15. The van der Waals surface area contributed by atoms with Crippen molar-refractivity contribution in [1.29, 1.82) is 0 Å². The molecule has 0 radical (unpaired) electrons. The summed E-state index contributed by atoms with van der Waals surface area (Å²) in [5, 5.41) is 11.5. The van der Waals surface area contributed by atoms with Crippen LogP contribution in [0.1, 0.15) is 10.4 Å². The number of rotatable bonds is 3. The van der Waals surface area contributed by atoms with Gasteiger partial charge in [-0.1, -0.05) is 12.1 Å². The van der Waals surface area contributed by atoms with Crippen LogP contribution in [0.15, 0.2) is 47.6 Å². The second kappa shape index (κ2) is 5.25. The number of carbonyl (C=O) groups is 1. The van der Waals surface area contributed by atoms with E-state index in [0.717, 1.165) is 18.3 Å². The molecule has 6 nitrogen and oxygen atoms in total. The fourth-order valence-electron chi connectivity index (χ4n) is 1.53. The summed E-state index contributed by atoms with van der Waals surface area (Å²) in [4.78, 5) is 14.8. The minimum Gasteiger partial charge on any atom is -0.506 e. The van der Waals surface area contributed by atoms with Gasteiger partial charge in [-0.25, -0.2) is 0 Å². The van der Waals surface area contributed by atoms with Crippen molar-refractivity contribution in [3.8, 4) is 5.75 Å². The van der Waals surface area contributed by atoms with Crippen molar-refractivity contribution in [1.82, 2.24) is 4.98 Å². The molecule has 1 heterocycles. The van der Waals surface area contributed by atoms with Crippen LogP contribution in [0.3, 0.4) is 0 Å². The van der Waals surface area contributed by atoms with Gasteiger partial charge in [0.2, 0.25) is 0 Å². The minimum atomic E-state index is -4.95. The Morgan fingerprint density at radius 2 is 1.95 bits per heavy atom. The monoisotopic (exact) mass is 296 g/mol. The summed E-state index contributed by atoms with van der Waals surface area (Å²) in [5.74, 6) is -0.937. The molecule has 0 spiro atoms. The summed E-state index contributed by atoms with van der Waals surface area (Å²) in [5.41, 5.74) is -0.181. The fraction of sp³-hybridized carbons (Fsp3) is 0. The zero-order chi connectivity index (χ0) is 14.8. The Morgan fingerprint density at radius 1 is 1.25 bits per heavy atom. The Balaban J connectivity index is 2.34. The van der Waals surface area contributed by atoms with Crippen LogP contribution >= 0.6 is 0 Å². The van der Waals surface area contributed by atoms with Gasteiger partial charge in [0.25, 0.3) is 5.91 Å². The topological polar surface area (TPSA) is 96.4 Å². The van der Waals surface area contributed by atoms with Crippen molar-refractivity contribution < 1.29 is 22.2 Å². The number of anilines is 1. The molecule has 1 amide bonds. The number of hydrogen-bond donors (Lipinski definition) is 2. The summed E-state index contributed by atoms with van der Waals surface area (Å²) in [6, 6.07) is 6.21. The van der Waals surface area contributed by atoms with Gasteiger partial charge in [0.05, 0.1) is 17.4 Å². The second-order valence-corrected chi connectivity index (χ2v) is 5.14. The normalized spacial score (nSPS) is 11.1. The van der Waals surface area contributed by atoms with E-state index in [-0.39, 0.29) is 17.0 Å². The van der Waals surface area contributed by atoms with E-state index in [4.69, 9.17) is 0 Å². The Kier molecular flexibility index (Phi) is 3.66. The summed E-state index contributed by atoms with van der Waals surface area (Å²) in [6.45, 7) is 0. The van der Waals surface area contributed by atoms with Crippen molar-refractivity contribution in [2.75, 3.05) is 5.32 Å². The third-order valence-corrected chi connectivity index (χ3v) is 3.27. The first kappa shape index (κ1) is 13.9. The highest BCUT2D eigenvalue weighted by atomic mass is 32.3. The number of para-hydroxylation sites is 1. The van der Waals surface area contributed by atoms with E-state index in [1.54, 1.807) is 0 Å². The molecule has 0 aliphatic carbocycles. The van der Waals surface area contributed by atoms with Gasteiger partial charge in [-0.2, -0.15) is 8.42 Å². The zero-order valence-electron chi connectivity index (χ0n) is 9.95. The number of pyridine rings is 1. The predicted octanol–water partition coefficient (Wildman–Crippen LogP) is 1.70. The minimum absolute atomic E-state index is 0.0102. The van der Waals surface area contributed by atoms with Crippen molar-refractivity contribution in [3.63, 3.8) is 0 Å². The largest absolute Gasteiger partial charge is 0.506 e. The Morgan fingerprint density at radius 3 is 2.60 bits per heavy atom. The highest BCUT2D eigenvalue weighted by Gasteiger charge is 2.18. The number of hydrogen-bond acceptors (Lipinski definition) is 5. The number of benzene rings is 1. The molecule has 2 aromatic rings. The number of amides is 1. The Bertz CT molecular complexity index is 762. The highest BCUT2D eigenvalue weighted by Crippen LogP contribution is 2.23. The molecule has 0 aliphatic rings. The average Bonchev–Trinajstić information content (AvgIpc) is 2.38. The van der Waals surface area contributed by atoms with Crippen LogP contribution in [-0.4, -0.2) is 24.4 Å². The van der Waals surface area contributed by atoms with Crippen LogP contribution in [0.25, 0.3) is 0 Å². The molecule has 2 rings (SSSR count). The zero-order valence-corrected chi connectivity index (χ0v) is 10.8. The van der Waals surface area contributed by atoms with Gasteiger partial charge in [-0.15, -0.1) is 3.89 Å². The molecule has 20 heavy (non-hydrogen) atoms. The lowest BCUT2D eigenvalue weighted by Gasteiger charge is -2.08. The van der Waals surface area contributed by atoms with Gasteiger partial charge < -0.3 is 10.4 Å². The number of nitrogens with one attached hydrogen (secondary N) is 1. The molecule has 0 aliphatic heterocycles. The third-order valence-electron chi connectivity index (χ3n) is 2.38. The molecule has 8 heteroatoms. The molecule has 0 saturated heterocycles. The number of aromatic hydroxyl groups is 1. The molecule has 0 bridgehead atoms. The van der Waals surface area contributed by atoms with Gasteiger partial charge in [0, 0.05) is 6.20 Å². The molecule has 1 aromatic heterocycles. The molecule has 0 unspecified atom stereocenters. The van der Waals surface area contributed by atoms with Crippen molar-refractivity contribution in [2.45, 2.75) is 4.90 Å². The van der Waals surface area contributed by atoms with Crippen LogP contribution < -0.4 is 5.32 Å². The van der Waals surface area contributed by atoms with Crippen LogP contribution in [0, 0.1) is 0 Å². The SMILES string of the molecule is O=C(Nc1ccccc1S(=O)(=O)F)c1cncc(O)c1. The van der Waals surface area contributed by atoms with Crippen molar-refractivity contribution in [2.24, 2.45) is 0 Å². The van der Waals surface area contributed by atoms with Gasteiger partial charge >= 0.3 is 10.2 Å². The predicted molar refractivity (Wildman–Crippen MR) is 68.6 cm³/mol. The van der Waals surface area contributed by atoms with Crippen LogP contribution in [0.2, 0.25) is 0 Å². The summed E-state index contributed by atoms with van der Waals surface area (Å²) < 4.78 is 35.0. The van der Waals surface area contributed by atoms with E-state index in [2.05, 4.69) is 10.3 Å². The van der Waals surface area contributed by atoms with E-state index in [9.17, 15) is 22.2 Å². The molecular formula is C12H9FN2O4S. The molecule has 0 fully saturated rings. The van der Waals surface area contributed by atoms with Gasteiger partial charge in [-0.3, -0.25) is 9.78 Å². The summed E-state index contributed by atoms with van der Waals surface area (Å²) in [6.07, 6.45) is 2.32.